The van der Waals surface area contributed by atoms with E-state index in [1.165, 1.54) is 0 Å². The Labute approximate surface area is 111 Å². The summed E-state index contributed by atoms with van der Waals surface area (Å²) in [5.41, 5.74) is 2.01. The zero-order chi connectivity index (χ0) is 12.9. The number of hydrogen-bond acceptors (Lipinski definition) is 3. The van der Waals surface area contributed by atoms with Crippen LogP contribution in [0.15, 0.2) is 28.1 Å². The number of carbonyl (C=O) groups excluding carboxylic acids is 1. The molecule has 0 radical (unpaired) electrons. The first-order valence-corrected chi connectivity index (χ1v) is 6.93. The lowest BCUT2D eigenvalue weighted by atomic mass is 9.91. The third-order valence-corrected chi connectivity index (χ3v) is 4.38. The summed E-state index contributed by atoms with van der Waals surface area (Å²) in [5, 5.41) is 0.857. The van der Waals surface area contributed by atoms with Gasteiger partial charge in [-0.3, -0.25) is 14.7 Å². The third kappa shape index (κ3) is 1.85. The number of amides is 1. The maximum Gasteiger partial charge on any atom is 0.261 e. The summed E-state index contributed by atoms with van der Waals surface area (Å²) in [7, 11) is 0. The highest BCUT2D eigenvalue weighted by atomic mass is 32.2. The summed E-state index contributed by atoms with van der Waals surface area (Å²) < 4.78 is 0. The summed E-state index contributed by atoms with van der Waals surface area (Å²) in [4.78, 5) is 19.9. The van der Waals surface area contributed by atoms with Crippen LogP contribution < -0.4 is 0 Å². The Morgan fingerprint density at radius 2 is 2.17 bits per heavy atom. The molecular weight excluding hydrogens is 244 g/mol. The fraction of sp³-hybridized carbons (Fsp3) is 0.429. The number of aryl methyl sites for hydroxylation is 1. The average Bonchev–Trinajstić information content (AvgIpc) is 2.31. The topological polar surface area (TPSA) is 32.7 Å². The van der Waals surface area contributed by atoms with E-state index in [9.17, 15) is 4.79 Å². The normalized spacial score (nSPS) is 21.2. The van der Waals surface area contributed by atoms with E-state index in [4.69, 9.17) is 0 Å². The van der Waals surface area contributed by atoms with E-state index in [2.05, 4.69) is 18.8 Å². The van der Waals surface area contributed by atoms with Crippen LogP contribution in [0.5, 0.6) is 0 Å². The summed E-state index contributed by atoms with van der Waals surface area (Å²) in [6.45, 7) is 7.86. The molecule has 0 N–H and O–H groups in total. The van der Waals surface area contributed by atoms with Crippen molar-refractivity contribution in [2.75, 3.05) is 13.1 Å². The van der Waals surface area contributed by atoms with Gasteiger partial charge in [-0.1, -0.05) is 37.2 Å². The molecule has 2 aliphatic rings. The molecule has 1 aromatic rings. The number of rotatable bonds is 0. The molecular formula is C14H16N2OS. The molecule has 0 unspecified atom stereocenters. The van der Waals surface area contributed by atoms with Gasteiger partial charge in [0, 0.05) is 23.4 Å². The number of thioether (sulfide) groups is 1. The Morgan fingerprint density at radius 1 is 1.39 bits per heavy atom. The lowest BCUT2D eigenvalue weighted by Crippen LogP contribution is -2.48. The van der Waals surface area contributed by atoms with E-state index in [0.717, 1.165) is 34.3 Å². The van der Waals surface area contributed by atoms with Gasteiger partial charge in [-0.05, 0) is 19.1 Å². The number of nitrogens with zero attached hydrogens (tertiary/aromatic N) is 2. The standard InChI is InChI=1S/C14H16N2OS/c1-9-4-5-11-10(6-9)12(17)16-8-14(2,3)7-15-13(16)18-11/h4-6H,7-8H2,1-3H3. The van der Waals surface area contributed by atoms with Gasteiger partial charge in [-0.15, -0.1) is 0 Å². The van der Waals surface area contributed by atoms with Gasteiger partial charge < -0.3 is 0 Å². The van der Waals surface area contributed by atoms with Crippen LogP contribution in [0.1, 0.15) is 29.8 Å². The summed E-state index contributed by atoms with van der Waals surface area (Å²) in [6, 6.07) is 6.04. The van der Waals surface area contributed by atoms with E-state index >= 15 is 0 Å². The Kier molecular flexibility index (Phi) is 2.52. The van der Waals surface area contributed by atoms with Crippen LogP contribution in [0.2, 0.25) is 0 Å². The third-order valence-electron chi connectivity index (χ3n) is 3.27. The van der Waals surface area contributed by atoms with Crippen molar-refractivity contribution < 1.29 is 4.79 Å². The van der Waals surface area contributed by atoms with Gasteiger partial charge in [0.25, 0.3) is 5.91 Å². The molecule has 0 saturated carbocycles. The molecule has 94 valence electrons. The predicted octanol–water partition coefficient (Wildman–Crippen LogP) is 2.94. The minimum atomic E-state index is 0.0705. The maximum absolute atomic E-state index is 12.5. The van der Waals surface area contributed by atoms with E-state index < -0.39 is 0 Å². The van der Waals surface area contributed by atoms with E-state index in [0.29, 0.717) is 0 Å². The largest absolute Gasteiger partial charge is 0.287 e. The van der Waals surface area contributed by atoms with Crippen molar-refractivity contribution in [3.63, 3.8) is 0 Å². The molecule has 2 aliphatic heterocycles. The number of hydrogen-bond donors (Lipinski definition) is 0. The van der Waals surface area contributed by atoms with Crippen molar-refractivity contribution in [2.45, 2.75) is 25.7 Å². The molecule has 0 bridgehead atoms. The van der Waals surface area contributed by atoms with Gasteiger partial charge in [0.15, 0.2) is 5.17 Å². The van der Waals surface area contributed by atoms with Gasteiger partial charge >= 0.3 is 0 Å². The molecule has 3 rings (SSSR count). The van der Waals surface area contributed by atoms with Crippen LogP contribution in [-0.2, 0) is 0 Å². The smallest absolute Gasteiger partial charge is 0.261 e. The fourth-order valence-electron chi connectivity index (χ4n) is 2.30. The number of amidine groups is 1. The van der Waals surface area contributed by atoms with Crippen LogP contribution in [0, 0.1) is 12.3 Å². The highest BCUT2D eigenvalue weighted by molar-refractivity contribution is 8.14. The molecule has 4 heteroatoms. The van der Waals surface area contributed by atoms with Crippen molar-refractivity contribution in [3.05, 3.63) is 29.3 Å². The number of benzene rings is 1. The number of carbonyl (C=O) groups is 1. The van der Waals surface area contributed by atoms with E-state index in [1.807, 2.05) is 30.0 Å². The Morgan fingerprint density at radius 3 is 2.94 bits per heavy atom. The maximum atomic E-state index is 12.5. The van der Waals surface area contributed by atoms with Gasteiger partial charge in [0.05, 0.1) is 5.56 Å². The summed E-state index contributed by atoms with van der Waals surface area (Å²) in [5.74, 6) is 0.0963. The molecule has 0 atom stereocenters. The van der Waals surface area contributed by atoms with Crippen molar-refractivity contribution in [1.82, 2.24) is 4.90 Å². The Bertz CT molecular complexity index is 563. The zero-order valence-corrected chi connectivity index (χ0v) is 11.7. The molecule has 2 heterocycles. The Hall–Kier alpha value is -1.29. The second-order valence-corrected chi connectivity index (χ2v) is 6.77. The van der Waals surface area contributed by atoms with Gasteiger partial charge in [-0.25, -0.2) is 0 Å². The quantitative estimate of drug-likeness (QED) is 0.718. The molecule has 3 nitrogen and oxygen atoms in total. The lowest BCUT2D eigenvalue weighted by molar-refractivity contribution is 0.0792. The van der Waals surface area contributed by atoms with Crippen molar-refractivity contribution in [3.8, 4) is 0 Å². The monoisotopic (exact) mass is 260 g/mol. The molecule has 0 spiro atoms. The van der Waals surface area contributed by atoms with Crippen LogP contribution >= 0.6 is 11.8 Å². The van der Waals surface area contributed by atoms with Crippen LogP contribution in [-0.4, -0.2) is 29.1 Å². The first-order valence-electron chi connectivity index (χ1n) is 6.11. The SMILES string of the molecule is Cc1ccc2c(c1)C(=O)N1CC(C)(C)CN=C1S2. The van der Waals surface area contributed by atoms with E-state index in [-0.39, 0.29) is 11.3 Å². The highest BCUT2D eigenvalue weighted by Gasteiger charge is 2.37. The van der Waals surface area contributed by atoms with Gasteiger partial charge in [-0.2, -0.15) is 0 Å². The van der Waals surface area contributed by atoms with Crippen molar-refractivity contribution in [2.24, 2.45) is 10.4 Å². The number of fused-ring (bicyclic) bond motifs is 2. The first-order chi connectivity index (χ1) is 8.46. The molecule has 0 saturated heterocycles. The first kappa shape index (κ1) is 11.8. The minimum Gasteiger partial charge on any atom is -0.287 e. The summed E-state index contributed by atoms with van der Waals surface area (Å²) >= 11 is 1.61. The van der Waals surface area contributed by atoms with Crippen LogP contribution in [0.4, 0.5) is 0 Å². The zero-order valence-electron chi connectivity index (χ0n) is 10.9. The molecule has 0 aliphatic carbocycles. The van der Waals surface area contributed by atoms with Crippen LogP contribution in [0.25, 0.3) is 0 Å². The molecule has 1 amide bonds. The molecule has 0 aromatic heterocycles. The molecule has 0 fully saturated rings. The second kappa shape index (κ2) is 3.85. The van der Waals surface area contributed by atoms with Gasteiger partial charge in [0.1, 0.15) is 0 Å². The van der Waals surface area contributed by atoms with Crippen molar-refractivity contribution in [1.29, 1.82) is 0 Å². The summed E-state index contributed by atoms with van der Waals surface area (Å²) in [6.07, 6.45) is 0. The highest BCUT2D eigenvalue weighted by Crippen LogP contribution is 2.37. The lowest BCUT2D eigenvalue weighted by Gasteiger charge is -2.39. The molecule has 1 aromatic carbocycles. The Balaban J connectivity index is 2.06. The van der Waals surface area contributed by atoms with Crippen molar-refractivity contribution >= 4 is 22.8 Å². The fourth-order valence-corrected chi connectivity index (χ4v) is 3.28. The average molecular weight is 260 g/mol. The van der Waals surface area contributed by atoms with Crippen LogP contribution in [0.3, 0.4) is 0 Å². The minimum absolute atomic E-state index is 0.0705. The van der Waals surface area contributed by atoms with E-state index in [1.54, 1.807) is 11.8 Å². The second-order valence-electron chi connectivity index (χ2n) is 5.76. The number of aliphatic imine (C=N–C) groups is 1. The predicted molar refractivity (Wildman–Crippen MR) is 74.2 cm³/mol. The van der Waals surface area contributed by atoms with Gasteiger partial charge in [0.2, 0.25) is 0 Å². The molecule has 18 heavy (non-hydrogen) atoms.